The van der Waals surface area contributed by atoms with Crippen LogP contribution in [0.1, 0.15) is 25.9 Å². The SMILES string of the molecule is Cc1nc(CC(=O)c2cc(N)cc(Br)c2)sc1C. The number of Topliss-reactive ketones (excluding diaryl/α,β-unsaturated/α-hetero) is 1. The second kappa shape index (κ2) is 5.20. The Balaban J connectivity index is 2.21. The van der Waals surface area contributed by atoms with Crippen LogP contribution < -0.4 is 5.73 Å². The minimum Gasteiger partial charge on any atom is -0.399 e. The molecule has 0 bridgehead atoms. The van der Waals surface area contributed by atoms with Crippen LogP contribution in [0.2, 0.25) is 0 Å². The van der Waals surface area contributed by atoms with Gasteiger partial charge in [0.15, 0.2) is 5.78 Å². The van der Waals surface area contributed by atoms with Crippen molar-refractivity contribution in [2.45, 2.75) is 20.3 Å². The van der Waals surface area contributed by atoms with Gasteiger partial charge < -0.3 is 5.73 Å². The zero-order valence-electron chi connectivity index (χ0n) is 10.2. The third-order valence-electron chi connectivity index (χ3n) is 2.63. The molecule has 5 heteroatoms. The first-order valence-electron chi connectivity index (χ1n) is 5.48. The third-order valence-corrected chi connectivity index (χ3v) is 4.16. The van der Waals surface area contributed by atoms with E-state index in [0.717, 1.165) is 20.1 Å². The maximum atomic E-state index is 12.1. The molecule has 1 aromatic heterocycles. The normalized spacial score (nSPS) is 10.6. The van der Waals surface area contributed by atoms with Crippen molar-refractivity contribution in [2.75, 3.05) is 5.73 Å². The van der Waals surface area contributed by atoms with Crippen molar-refractivity contribution < 1.29 is 4.79 Å². The molecule has 1 aromatic carbocycles. The van der Waals surface area contributed by atoms with Crippen LogP contribution in [0.5, 0.6) is 0 Å². The average molecular weight is 325 g/mol. The number of benzene rings is 1. The Bertz CT molecular complexity index is 567. The van der Waals surface area contributed by atoms with E-state index in [1.807, 2.05) is 13.8 Å². The van der Waals surface area contributed by atoms with Crippen molar-refractivity contribution in [2.24, 2.45) is 0 Å². The van der Waals surface area contributed by atoms with Gasteiger partial charge in [0.25, 0.3) is 0 Å². The summed E-state index contributed by atoms with van der Waals surface area (Å²) < 4.78 is 0.817. The molecule has 0 aliphatic heterocycles. The lowest BCUT2D eigenvalue weighted by atomic mass is 10.1. The van der Waals surface area contributed by atoms with E-state index in [9.17, 15) is 4.79 Å². The summed E-state index contributed by atoms with van der Waals surface area (Å²) in [7, 11) is 0. The number of aryl methyl sites for hydroxylation is 2. The molecular weight excluding hydrogens is 312 g/mol. The molecule has 0 unspecified atom stereocenters. The number of carbonyl (C=O) groups is 1. The Kier molecular flexibility index (Phi) is 3.82. The molecule has 0 aliphatic carbocycles. The lowest BCUT2D eigenvalue weighted by Crippen LogP contribution is -2.04. The fourth-order valence-corrected chi connectivity index (χ4v) is 3.07. The summed E-state index contributed by atoms with van der Waals surface area (Å²) in [6, 6.07) is 5.25. The van der Waals surface area contributed by atoms with Crippen LogP contribution in [-0.2, 0) is 6.42 Å². The van der Waals surface area contributed by atoms with Crippen molar-refractivity contribution in [3.63, 3.8) is 0 Å². The Morgan fingerprint density at radius 3 is 2.67 bits per heavy atom. The Labute approximate surface area is 118 Å². The first-order valence-corrected chi connectivity index (χ1v) is 7.09. The van der Waals surface area contributed by atoms with E-state index in [4.69, 9.17) is 5.73 Å². The van der Waals surface area contributed by atoms with Gasteiger partial charge in [-0.05, 0) is 32.0 Å². The van der Waals surface area contributed by atoms with Crippen LogP contribution in [0.4, 0.5) is 5.69 Å². The van der Waals surface area contributed by atoms with Crippen molar-refractivity contribution in [1.29, 1.82) is 0 Å². The van der Waals surface area contributed by atoms with Crippen molar-refractivity contribution in [1.82, 2.24) is 4.98 Å². The smallest absolute Gasteiger partial charge is 0.169 e. The van der Waals surface area contributed by atoms with Gasteiger partial charge in [-0.1, -0.05) is 15.9 Å². The zero-order chi connectivity index (χ0) is 13.3. The van der Waals surface area contributed by atoms with Crippen molar-refractivity contribution in [3.8, 4) is 0 Å². The van der Waals surface area contributed by atoms with E-state index in [-0.39, 0.29) is 5.78 Å². The zero-order valence-corrected chi connectivity index (χ0v) is 12.6. The number of anilines is 1. The molecule has 0 amide bonds. The number of nitrogens with zero attached hydrogens (tertiary/aromatic N) is 1. The molecule has 0 spiro atoms. The van der Waals surface area contributed by atoms with Gasteiger partial charge >= 0.3 is 0 Å². The lowest BCUT2D eigenvalue weighted by molar-refractivity contribution is 0.0993. The minimum absolute atomic E-state index is 0.0387. The summed E-state index contributed by atoms with van der Waals surface area (Å²) in [5.41, 5.74) is 7.92. The molecule has 2 rings (SSSR count). The summed E-state index contributed by atoms with van der Waals surface area (Å²) in [4.78, 5) is 17.7. The van der Waals surface area contributed by atoms with E-state index < -0.39 is 0 Å². The minimum atomic E-state index is 0.0387. The van der Waals surface area contributed by atoms with Gasteiger partial charge in [-0.25, -0.2) is 4.98 Å². The second-order valence-corrected chi connectivity index (χ2v) is 6.33. The number of hydrogen-bond acceptors (Lipinski definition) is 4. The number of halogens is 1. The van der Waals surface area contributed by atoms with Crippen LogP contribution in [-0.4, -0.2) is 10.8 Å². The predicted octanol–water partition coefficient (Wildman–Crippen LogP) is 3.53. The number of carbonyl (C=O) groups excluding carboxylic acids is 1. The molecule has 0 aliphatic rings. The predicted molar refractivity (Wildman–Crippen MR) is 78.2 cm³/mol. The fraction of sp³-hybridized carbons (Fsp3) is 0.231. The monoisotopic (exact) mass is 324 g/mol. The number of nitrogen functional groups attached to an aromatic ring is 1. The van der Waals surface area contributed by atoms with Crippen LogP contribution in [0, 0.1) is 13.8 Å². The van der Waals surface area contributed by atoms with E-state index in [1.165, 1.54) is 0 Å². The number of rotatable bonds is 3. The highest BCUT2D eigenvalue weighted by Gasteiger charge is 2.12. The number of nitrogens with two attached hydrogens (primary N) is 1. The molecule has 0 saturated heterocycles. The molecule has 2 N–H and O–H groups in total. The fourth-order valence-electron chi connectivity index (χ4n) is 1.63. The molecule has 2 aromatic rings. The standard InChI is InChI=1S/C13H13BrN2OS/c1-7-8(2)18-13(16-7)6-12(17)9-3-10(14)5-11(15)4-9/h3-5H,6,15H2,1-2H3. The summed E-state index contributed by atoms with van der Waals surface area (Å²) in [6.45, 7) is 3.97. The molecular formula is C13H13BrN2OS. The summed E-state index contributed by atoms with van der Waals surface area (Å²) in [5, 5.41) is 0.855. The van der Waals surface area contributed by atoms with Gasteiger partial charge in [0.1, 0.15) is 5.01 Å². The largest absolute Gasteiger partial charge is 0.399 e. The molecule has 0 radical (unpaired) electrons. The van der Waals surface area contributed by atoms with Gasteiger partial charge in [0, 0.05) is 20.6 Å². The molecule has 0 atom stereocenters. The van der Waals surface area contributed by atoms with Gasteiger partial charge in [0.05, 0.1) is 12.1 Å². The molecule has 0 fully saturated rings. The molecule has 3 nitrogen and oxygen atoms in total. The van der Waals surface area contributed by atoms with Gasteiger partial charge in [-0.3, -0.25) is 4.79 Å². The molecule has 0 saturated carbocycles. The molecule has 94 valence electrons. The number of hydrogen-bond donors (Lipinski definition) is 1. The van der Waals surface area contributed by atoms with Crippen LogP contribution in [0.15, 0.2) is 22.7 Å². The second-order valence-electron chi connectivity index (χ2n) is 4.12. The van der Waals surface area contributed by atoms with Crippen molar-refractivity contribution >= 4 is 38.7 Å². The van der Waals surface area contributed by atoms with E-state index in [0.29, 0.717) is 17.7 Å². The van der Waals surface area contributed by atoms with E-state index >= 15 is 0 Å². The van der Waals surface area contributed by atoms with Crippen LogP contribution in [0.3, 0.4) is 0 Å². The Morgan fingerprint density at radius 1 is 1.39 bits per heavy atom. The summed E-state index contributed by atoms with van der Waals surface area (Å²) >= 11 is 4.91. The maximum Gasteiger partial charge on any atom is 0.169 e. The lowest BCUT2D eigenvalue weighted by Gasteiger charge is -2.02. The summed E-state index contributed by atoms with van der Waals surface area (Å²) in [6.07, 6.45) is 0.329. The van der Waals surface area contributed by atoms with Crippen LogP contribution >= 0.6 is 27.3 Å². The van der Waals surface area contributed by atoms with Gasteiger partial charge in [0.2, 0.25) is 0 Å². The van der Waals surface area contributed by atoms with Gasteiger partial charge in [-0.2, -0.15) is 0 Å². The number of ketones is 1. The number of aromatic nitrogens is 1. The highest BCUT2D eigenvalue weighted by atomic mass is 79.9. The van der Waals surface area contributed by atoms with E-state index in [2.05, 4.69) is 20.9 Å². The third kappa shape index (κ3) is 2.97. The highest BCUT2D eigenvalue weighted by molar-refractivity contribution is 9.10. The number of thiazole rings is 1. The Morgan fingerprint density at radius 2 is 2.11 bits per heavy atom. The van der Waals surface area contributed by atoms with Crippen molar-refractivity contribution in [3.05, 3.63) is 43.8 Å². The topological polar surface area (TPSA) is 56.0 Å². The van der Waals surface area contributed by atoms with Gasteiger partial charge in [-0.15, -0.1) is 11.3 Å². The average Bonchev–Trinajstić information content (AvgIpc) is 2.56. The summed E-state index contributed by atoms with van der Waals surface area (Å²) in [5.74, 6) is 0.0387. The first-order chi connectivity index (χ1) is 8.45. The van der Waals surface area contributed by atoms with Crippen LogP contribution in [0.25, 0.3) is 0 Å². The highest BCUT2D eigenvalue weighted by Crippen LogP contribution is 2.21. The molecule has 18 heavy (non-hydrogen) atoms. The van der Waals surface area contributed by atoms with E-state index in [1.54, 1.807) is 29.5 Å². The molecule has 1 heterocycles. The maximum absolute atomic E-state index is 12.1. The first kappa shape index (κ1) is 13.2. The quantitative estimate of drug-likeness (QED) is 0.694. The Hall–Kier alpha value is -1.20.